The first-order valence-electron chi connectivity index (χ1n) is 13.8. The second-order valence-electron chi connectivity index (χ2n) is 12.6. The van der Waals surface area contributed by atoms with Crippen molar-refractivity contribution in [2.45, 2.75) is 88.7 Å². The average molecular weight is 552 g/mol. The molecule has 0 bridgehead atoms. The van der Waals surface area contributed by atoms with Gasteiger partial charge in [0, 0.05) is 45.6 Å². The summed E-state index contributed by atoms with van der Waals surface area (Å²) in [5.41, 5.74) is 0.685. The van der Waals surface area contributed by atoms with Crippen molar-refractivity contribution in [3.05, 3.63) is 24.0 Å². The van der Waals surface area contributed by atoms with Gasteiger partial charge in [0.05, 0.1) is 17.9 Å². The molecule has 2 aliphatic carbocycles. The Hall–Kier alpha value is -2.11. The number of anilines is 1. The van der Waals surface area contributed by atoms with E-state index in [0.29, 0.717) is 25.5 Å². The van der Waals surface area contributed by atoms with Crippen LogP contribution in [0.4, 0.5) is 18.9 Å². The van der Waals surface area contributed by atoms with E-state index in [4.69, 9.17) is 4.74 Å². The molecule has 210 valence electrons. The molecule has 38 heavy (non-hydrogen) atoms. The van der Waals surface area contributed by atoms with Crippen LogP contribution in [0, 0.1) is 5.92 Å². The van der Waals surface area contributed by atoms with Gasteiger partial charge >= 0.3 is 6.18 Å². The highest BCUT2D eigenvalue weighted by Gasteiger charge is 2.63. The van der Waals surface area contributed by atoms with Gasteiger partial charge in [-0.2, -0.15) is 13.2 Å². The average Bonchev–Trinajstić information content (AvgIpc) is 3.56. The zero-order valence-electron chi connectivity index (χ0n) is 22.9. The van der Waals surface area contributed by atoms with Crippen molar-refractivity contribution in [3.8, 4) is 0 Å². The molecule has 2 aromatic rings. The minimum absolute atomic E-state index is 0.0375. The van der Waals surface area contributed by atoms with E-state index < -0.39 is 19.8 Å². The summed E-state index contributed by atoms with van der Waals surface area (Å²) in [4.78, 5) is 21.7. The number of aromatic nitrogens is 2. The molecular formula is C27H40F3N5O2Si. The summed E-state index contributed by atoms with van der Waals surface area (Å²) >= 11 is 0. The van der Waals surface area contributed by atoms with Crippen molar-refractivity contribution >= 4 is 30.7 Å². The van der Waals surface area contributed by atoms with Crippen LogP contribution in [0.1, 0.15) is 48.9 Å². The van der Waals surface area contributed by atoms with E-state index in [2.05, 4.69) is 34.8 Å². The highest BCUT2D eigenvalue weighted by atomic mass is 28.3. The Labute approximate surface area is 223 Å². The van der Waals surface area contributed by atoms with E-state index in [1.165, 1.54) is 0 Å². The number of rotatable bonds is 9. The smallest absolute Gasteiger partial charge is 0.361 e. The molecule has 2 aromatic heterocycles. The van der Waals surface area contributed by atoms with Gasteiger partial charge in [-0.1, -0.05) is 19.6 Å². The number of fused-ring (bicyclic) bond motifs is 3. The molecule has 0 atom stereocenters. The van der Waals surface area contributed by atoms with Crippen LogP contribution in [0.2, 0.25) is 25.7 Å². The molecule has 3 aliphatic rings. The highest BCUT2D eigenvalue weighted by molar-refractivity contribution is 6.76. The van der Waals surface area contributed by atoms with Crippen LogP contribution < -0.4 is 10.2 Å². The molecule has 0 radical (unpaired) electrons. The standard InChI is InChI=1S/C27H40F3N5O2Si/c1-33-17-35(20-7-5-19(6-8-20)15-32-26(10-11-26)27(28,29)30)23-21-9-12-34(18-37-13-14-38(2,3)4)24(21)31-16-22(23)25(33)36/h9,12,16,19-20,32H,5-8,10-11,13-15,17-18H2,1-4H3/t19-,20-. The largest absolute Gasteiger partial charge is 0.406 e. The Kier molecular flexibility index (Phi) is 7.32. The number of nitrogens with one attached hydrogen (secondary N) is 1. The number of amides is 1. The Bertz CT molecular complexity index is 1170. The topological polar surface area (TPSA) is 62.6 Å². The lowest BCUT2D eigenvalue weighted by atomic mass is 9.84. The molecule has 0 unspecified atom stereocenters. The third kappa shape index (κ3) is 5.47. The minimum atomic E-state index is -4.17. The lowest BCUT2D eigenvalue weighted by Crippen LogP contribution is -2.51. The van der Waals surface area contributed by atoms with Gasteiger partial charge in [0.2, 0.25) is 0 Å². The van der Waals surface area contributed by atoms with Crippen LogP contribution in [0.15, 0.2) is 18.5 Å². The van der Waals surface area contributed by atoms with Gasteiger partial charge in [0.25, 0.3) is 5.91 Å². The van der Waals surface area contributed by atoms with E-state index in [1.54, 1.807) is 11.1 Å². The van der Waals surface area contributed by atoms with E-state index >= 15 is 0 Å². The van der Waals surface area contributed by atoms with Gasteiger partial charge in [0.1, 0.15) is 17.9 Å². The first kappa shape index (κ1) is 27.5. The van der Waals surface area contributed by atoms with E-state index in [0.717, 1.165) is 55.1 Å². The maximum absolute atomic E-state index is 13.3. The molecule has 7 nitrogen and oxygen atoms in total. The highest BCUT2D eigenvalue weighted by Crippen LogP contribution is 2.49. The number of halogens is 3. The molecule has 3 heterocycles. The molecule has 2 saturated carbocycles. The van der Waals surface area contributed by atoms with Crippen molar-refractivity contribution in [2.24, 2.45) is 5.92 Å². The van der Waals surface area contributed by atoms with Crippen LogP contribution >= 0.6 is 0 Å². The quantitative estimate of drug-likeness (QED) is 0.332. The van der Waals surface area contributed by atoms with Gasteiger partial charge in [0.15, 0.2) is 0 Å². The van der Waals surface area contributed by atoms with Crippen molar-refractivity contribution < 1.29 is 22.7 Å². The van der Waals surface area contributed by atoms with Crippen molar-refractivity contribution in [3.63, 3.8) is 0 Å². The van der Waals surface area contributed by atoms with Gasteiger partial charge in [-0.25, -0.2) is 4.98 Å². The fraction of sp³-hybridized carbons (Fsp3) is 0.704. The summed E-state index contributed by atoms with van der Waals surface area (Å²) in [5, 5.41) is 3.79. The number of nitrogens with zero attached hydrogens (tertiary/aromatic N) is 4. The number of carbonyl (C=O) groups excluding carboxylic acids is 1. The minimum Gasteiger partial charge on any atom is -0.361 e. The fourth-order valence-corrected chi connectivity index (χ4v) is 6.55. The number of carbonyl (C=O) groups is 1. The Morgan fingerprint density at radius 3 is 2.53 bits per heavy atom. The molecule has 1 N–H and O–H groups in total. The Balaban J connectivity index is 1.29. The molecule has 11 heteroatoms. The summed E-state index contributed by atoms with van der Waals surface area (Å²) in [6.07, 6.45) is 3.37. The lowest BCUT2D eigenvalue weighted by Gasteiger charge is -2.44. The van der Waals surface area contributed by atoms with Crippen LogP contribution in [0.25, 0.3) is 11.0 Å². The zero-order chi connectivity index (χ0) is 27.3. The van der Waals surface area contributed by atoms with Gasteiger partial charge < -0.3 is 24.4 Å². The predicted molar refractivity (Wildman–Crippen MR) is 145 cm³/mol. The zero-order valence-corrected chi connectivity index (χ0v) is 23.9. The maximum atomic E-state index is 13.3. The molecule has 0 aromatic carbocycles. The van der Waals surface area contributed by atoms with Crippen LogP contribution in [0.5, 0.6) is 0 Å². The summed E-state index contributed by atoms with van der Waals surface area (Å²) in [6.45, 7) is 9.03. The van der Waals surface area contributed by atoms with Crippen molar-refractivity contribution in [2.75, 3.05) is 31.8 Å². The third-order valence-corrected chi connectivity index (χ3v) is 10.2. The van der Waals surface area contributed by atoms with Gasteiger partial charge in [-0.3, -0.25) is 4.79 Å². The first-order chi connectivity index (χ1) is 17.9. The number of hydrogen-bond donors (Lipinski definition) is 1. The normalized spacial score (nSPS) is 23.7. The van der Waals surface area contributed by atoms with Crippen molar-refractivity contribution in [1.82, 2.24) is 19.8 Å². The predicted octanol–water partition coefficient (Wildman–Crippen LogP) is 5.44. The maximum Gasteiger partial charge on any atom is 0.406 e. The number of hydrogen-bond acceptors (Lipinski definition) is 5. The Morgan fingerprint density at radius 2 is 1.89 bits per heavy atom. The number of pyridine rings is 1. The molecule has 0 saturated heterocycles. The van der Waals surface area contributed by atoms with Crippen LogP contribution in [-0.2, 0) is 11.5 Å². The second kappa shape index (κ2) is 10.1. The van der Waals surface area contributed by atoms with Crippen molar-refractivity contribution in [1.29, 1.82) is 0 Å². The number of ether oxygens (including phenoxy) is 1. The monoisotopic (exact) mass is 551 g/mol. The Morgan fingerprint density at radius 1 is 1.18 bits per heavy atom. The van der Waals surface area contributed by atoms with Crippen LogP contribution in [-0.4, -0.2) is 73.1 Å². The molecule has 1 aliphatic heterocycles. The fourth-order valence-electron chi connectivity index (χ4n) is 5.79. The molecule has 5 rings (SSSR count). The summed E-state index contributed by atoms with van der Waals surface area (Å²) in [5.74, 6) is 0.200. The SMILES string of the molecule is CN1CN([C@H]2CC[C@H](CNC3(C(F)(F)F)CC3)CC2)c2c(cnc3c2ccn3COCC[Si](C)(C)C)C1=O. The molecule has 2 fully saturated rings. The van der Waals surface area contributed by atoms with E-state index in [-0.39, 0.29) is 30.7 Å². The third-order valence-electron chi connectivity index (χ3n) is 8.49. The summed E-state index contributed by atoms with van der Waals surface area (Å²) in [6, 6.07) is 3.34. The molecule has 1 amide bonds. The van der Waals surface area contributed by atoms with E-state index in [9.17, 15) is 18.0 Å². The number of alkyl halides is 3. The molecular weight excluding hydrogens is 511 g/mol. The first-order valence-corrected chi connectivity index (χ1v) is 17.5. The van der Waals surface area contributed by atoms with Gasteiger partial charge in [-0.15, -0.1) is 0 Å². The van der Waals surface area contributed by atoms with Gasteiger partial charge in [-0.05, 0) is 63.1 Å². The summed E-state index contributed by atoms with van der Waals surface area (Å²) < 4.78 is 47.9. The molecule has 0 spiro atoms. The lowest BCUT2D eigenvalue weighted by molar-refractivity contribution is -0.166. The van der Waals surface area contributed by atoms with Crippen LogP contribution in [0.3, 0.4) is 0 Å². The second-order valence-corrected chi connectivity index (χ2v) is 18.3. The van der Waals surface area contributed by atoms with E-state index in [1.807, 2.05) is 23.9 Å². The summed E-state index contributed by atoms with van der Waals surface area (Å²) in [7, 11) is 0.634.